The van der Waals surface area contributed by atoms with Crippen LogP contribution in [-0.2, 0) is 16.0 Å². The molecule has 0 radical (unpaired) electrons. The first-order valence-corrected chi connectivity index (χ1v) is 5.68. The normalized spacial score (nSPS) is 15.4. The van der Waals surface area contributed by atoms with Gasteiger partial charge in [0.05, 0.1) is 6.54 Å². The molecule has 0 fully saturated rings. The number of carbonyl (C=O) groups excluding carboxylic acids is 1. The van der Waals surface area contributed by atoms with Crippen LogP contribution < -0.4 is 0 Å². The molecule has 0 spiro atoms. The molecule has 1 aliphatic heterocycles. The SMILES string of the molecule is O=C(O)C1=NN(CCc2ccccn2)C(=O)CC1. The Kier molecular flexibility index (Phi) is 3.66. The fraction of sp³-hybridized carbons (Fsp3) is 0.333. The van der Waals surface area contributed by atoms with Gasteiger partial charge in [-0.05, 0) is 12.1 Å². The molecule has 0 bridgehead atoms. The number of rotatable bonds is 4. The maximum atomic E-state index is 11.6. The zero-order chi connectivity index (χ0) is 13.0. The van der Waals surface area contributed by atoms with Crippen LogP contribution in [0.5, 0.6) is 0 Å². The summed E-state index contributed by atoms with van der Waals surface area (Å²) in [4.78, 5) is 26.5. The van der Waals surface area contributed by atoms with Gasteiger partial charge in [-0.25, -0.2) is 9.80 Å². The van der Waals surface area contributed by atoms with E-state index in [1.165, 1.54) is 5.01 Å². The smallest absolute Gasteiger partial charge is 0.352 e. The van der Waals surface area contributed by atoms with Crippen LogP contribution >= 0.6 is 0 Å². The minimum absolute atomic E-state index is 0.0376. The molecule has 1 aliphatic rings. The molecule has 0 atom stereocenters. The van der Waals surface area contributed by atoms with E-state index in [2.05, 4.69) is 10.1 Å². The van der Waals surface area contributed by atoms with Crippen molar-refractivity contribution in [2.75, 3.05) is 6.54 Å². The molecule has 6 heteroatoms. The van der Waals surface area contributed by atoms with Gasteiger partial charge in [0.15, 0.2) is 0 Å². The minimum Gasteiger partial charge on any atom is -0.477 e. The summed E-state index contributed by atoms with van der Waals surface area (Å²) in [5.41, 5.74) is 0.888. The molecule has 1 aromatic heterocycles. The van der Waals surface area contributed by atoms with Crippen LogP contribution in [0.2, 0.25) is 0 Å². The van der Waals surface area contributed by atoms with Crippen molar-refractivity contribution >= 4 is 17.6 Å². The summed E-state index contributed by atoms with van der Waals surface area (Å²) in [7, 11) is 0. The second kappa shape index (κ2) is 5.39. The average Bonchev–Trinajstić information content (AvgIpc) is 2.38. The Morgan fingerprint density at radius 1 is 1.39 bits per heavy atom. The molecule has 1 amide bonds. The first kappa shape index (κ1) is 12.2. The molecule has 2 heterocycles. The highest BCUT2D eigenvalue weighted by Crippen LogP contribution is 2.10. The van der Waals surface area contributed by atoms with Gasteiger partial charge in [-0.1, -0.05) is 6.07 Å². The third-order valence-electron chi connectivity index (χ3n) is 2.66. The third kappa shape index (κ3) is 2.91. The Balaban J connectivity index is 2.01. The Hall–Kier alpha value is -2.24. The summed E-state index contributed by atoms with van der Waals surface area (Å²) >= 11 is 0. The summed E-state index contributed by atoms with van der Waals surface area (Å²) < 4.78 is 0. The first-order valence-electron chi connectivity index (χ1n) is 5.68. The van der Waals surface area contributed by atoms with Crippen molar-refractivity contribution < 1.29 is 14.7 Å². The number of aromatic nitrogens is 1. The largest absolute Gasteiger partial charge is 0.477 e. The van der Waals surface area contributed by atoms with Crippen LogP contribution in [0, 0.1) is 0 Å². The maximum Gasteiger partial charge on any atom is 0.352 e. The van der Waals surface area contributed by atoms with E-state index in [1.54, 1.807) is 6.20 Å². The topological polar surface area (TPSA) is 82.9 Å². The number of hydrogen-bond donors (Lipinski definition) is 1. The molecule has 94 valence electrons. The number of aliphatic carboxylic acids is 1. The second-order valence-electron chi connectivity index (χ2n) is 3.94. The first-order chi connectivity index (χ1) is 8.66. The van der Waals surface area contributed by atoms with Crippen molar-refractivity contribution in [3.8, 4) is 0 Å². The summed E-state index contributed by atoms with van der Waals surface area (Å²) in [6, 6.07) is 5.54. The molecule has 1 aromatic rings. The van der Waals surface area contributed by atoms with Crippen molar-refractivity contribution in [1.29, 1.82) is 0 Å². The van der Waals surface area contributed by atoms with E-state index in [0.717, 1.165) is 5.69 Å². The van der Waals surface area contributed by atoms with Crippen molar-refractivity contribution in [3.63, 3.8) is 0 Å². The lowest BCUT2D eigenvalue weighted by Crippen LogP contribution is -2.35. The van der Waals surface area contributed by atoms with Gasteiger partial charge in [0.2, 0.25) is 5.91 Å². The lowest BCUT2D eigenvalue weighted by atomic mass is 10.1. The van der Waals surface area contributed by atoms with Gasteiger partial charge in [0, 0.05) is 31.2 Å². The Morgan fingerprint density at radius 2 is 2.22 bits per heavy atom. The molecule has 6 nitrogen and oxygen atoms in total. The van der Waals surface area contributed by atoms with E-state index < -0.39 is 5.97 Å². The van der Waals surface area contributed by atoms with Crippen molar-refractivity contribution in [2.45, 2.75) is 19.3 Å². The van der Waals surface area contributed by atoms with E-state index in [9.17, 15) is 9.59 Å². The number of carboxylic acids is 1. The number of amides is 1. The van der Waals surface area contributed by atoms with Crippen LogP contribution in [-0.4, -0.2) is 39.2 Å². The molecule has 0 saturated carbocycles. The lowest BCUT2D eigenvalue weighted by molar-refractivity contribution is -0.132. The highest BCUT2D eigenvalue weighted by atomic mass is 16.4. The standard InChI is InChI=1S/C12H13N3O3/c16-11-5-4-10(12(17)18)14-15(11)8-6-9-3-1-2-7-13-9/h1-3,7H,4-6,8H2,(H,17,18). The van der Waals surface area contributed by atoms with Gasteiger partial charge in [-0.15, -0.1) is 0 Å². The second-order valence-corrected chi connectivity index (χ2v) is 3.94. The van der Waals surface area contributed by atoms with Crippen LogP contribution in [0.25, 0.3) is 0 Å². The summed E-state index contributed by atoms with van der Waals surface area (Å²) in [5.74, 6) is -1.21. The molecule has 1 N–H and O–H groups in total. The molecule has 0 aliphatic carbocycles. The Morgan fingerprint density at radius 3 is 2.89 bits per heavy atom. The highest BCUT2D eigenvalue weighted by Gasteiger charge is 2.23. The van der Waals surface area contributed by atoms with E-state index in [0.29, 0.717) is 13.0 Å². The number of nitrogens with zero attached hydrogens (tertiary/aromatic N) is 3. The quantitative estimate of drug-likeness (QED) is 0.848. The highest BCUT2D eigenvalue weighted by molar-refractivity contribution is 6.36. The van der Waals surface area contributed by atoms with Gasteiger partial charge in [0.25, 0.3) is 0 Å². The van der Waals surface area contributed by atoms with E-state index in [1.807, 2.05) is 18.2 Å². The molecule has 0 saturated heterocycles. The maximum absolute atomic E-state index is 11.6. The predicted molar refractivity (Wildman–Crippen MR) is 64.0 cm³/mol. The monoisotopic (exact) mass is 247 g/mol. The zero-order valence-corrected chi connectivity index (χ0v) is 9.74. The van der Waals surface area contributed by atoms with E-state index in [-0.39, 0.29) is 24.5 Å². The van der Waals surface area contributed by atoms with Gasteiger partial charge >= 0.3 is 5.97 Å². The zero-order valence-electron chi connectivity index (χ0n) is 9.74. The number of carbonyl (C=O) groups is 2. The Labute approximate surface area is 104 Å². The van der Waals surface area contributed by atoms with Crippen molar-refractivity contribution in [2.24, 2.45) is 5.10 Å². The van der Waals surface area contributed by atoms with Crippen molar-refractivity contribution in [3.05, 3.63) is 30.1 Å². The fourth-order valence-electron chi connectivity index (χ4n) is 1.70. The number of hydrogen-bond acceptors (Lipinski definition) is 4. The summed E-state index contributed by atoms with van der Waals surface area (Å²) in [6.07, 6.45) is 2.64. The lowest BCUT2D eigenvalue weighted by Gasteiger charge is -2.21. The van der Waals surface area contributed by atoms with Gasteiger partial charge in [-0.2, -0.15) is 5.10 Å². The molecular formula is C12H13N3O3. The van der Waals surface area contributed by atoms with Crippen LogP contribution in [0.4, 0.5) is 0 Å². The van der Waals surface area contributed by atoms with Gasteiger partial charge < -0.3 is 5.11 Å². The van der Waals surface area contributed by atoms with Crippen LogP contribution in [0.3, 0.4) is 0 Å². The van der Waals surface area contributed by atoms with Crippen LogP contribution in [0.15, 0.2) is 29.5 Å². The predicted octanol–water partition coefficient (Wildman–Crippen LogP) is 0.687. The molecule has 0 aromatic carbocycles. The minimum atomic E-state index is -1.06. The Bertz CT molecular complexity index is 485. The molecule has 0 unspecified atom stereocenters. The van der Waals surface area contributed by atoms with Gasteiger partial charge in [0.1, 0.15) is 5.71 Å². The third-order valence-corrected chi connectivity index (χ3v) is 2.66. The van der Waals surface area contributed by atoms with E-state index in [4.69, 9.17) is 5.11 Å². The van der Waals surface area contributed by atoms with Crippen LogP contribution in [0.1, 0.15) is 18.5 Å². The van der Waals surface area contributed by atoms with Gasteiger partial charge in [-0.3, -0.25) is 9.78 Å². The number of carboxylic acid groups (broad SMARTS) is 1. The van der Waals surface area contributed by atoms with E-state index >= 15 is 0 Å². The number of hydrazone groups is 1. The summed E-state index contributed by atoms with van der Waals surface area (Å²) in [6.45, 7) is 0.354. The number of pyridine rings is 1. The fourth-order valence-corrected chi connectivity index (χ4v) is 1.70. The molecule has 2 rings (SSSR count). The average molecular weight is 247 g/mol. The molecule has 18 heavy (non-hydrogen) atoms. The van der Waals surface area contributed by atoms with Crippen molar-refractivity contribution in [1.82, 2.24) is 9.99 Å². The molecular weight excluding hydrogens is 234 g/mol. The summed E-state index contributed by atoms with van der Waals surface area (Å²) in [5, 5.41) is 13.9.